The highest BCUT2D eigenvalue weighted by atomic mass is 32.2. The highest BCUT2D eigenvalue weighted by Gasteiger charge is 2.27. The maximum Gasteiger partial charge on any atom is 0.241 e. The normalized spacial score (nSPS) is 19.3. The fourth-order valence-corrected chi connectivity index (χ4v) is 4.09. The van der Waals surface area contributed by atoms with Crippen LogP contribution in [-0.2, 0) is 10.0 Å². The number of rotatable bonds is 5. The van der Waals surface area contributed by atoms with Gasteiger partial charge in [-0.15, -0.1) is 0 Å². The quantitative estimate of drug-likeness (QED) is 0.427. The number of sulfonamides is 1. The number of thiocarbonyl (C=S) groups is 1. The molecule has 9 heteroatoms. The smallest absolute Gasteiger partial charge is 0.241 e. The fraction of sp³-hybridized carbons (Fsp3) is 0.278. The van der Waals surface area contributed by atoms with Gasteiger partial charge in [0.15, 0.2) is 5.75 Å². The van der Waals surface area contributed by atoms with E-state index >= 15 is 0 Å². The van der Waals surface area contributed by atoms with Crippen molar-refractivity contribution in [2.45, 2.75) is 18.2 Å². The van der Waals surface area contributed by atoms with E-state index in [-0.39, 0.29) is 16.6 Å². The second kappa shape index (κ2) is 8.15. The summed E-state index contributed by atoms with van der Waals surface area (Å²) in [6, 6.07) is 3.32. The number of benzene rings is 1. The Morgan fingerprint density at radius 1 is 1.33 bits per heavy atom. The SMILES string of the molecule is CC1CC=CC=C1Oc1c(N2CC=CC2)cc(C(=S)S[NH3+])cc1S(N)(=O)=O. The lowest BCUT2D eigenvalue weighted by Crippen LogP contribution is -2.38. The standard InChI is InChI=1S/C18H21N3O3S3/c1-12-6-2-3-7-15(12)24-17-14(21-8-4-5-9-21)10-13(18(25)26-19)11-16(17)27(20,22)23/h2-5,7,10-12H,6,8-9,19H2,1H3,(H2,20,22,23)/p+1. The van der Waals surface area contributed by atoms with Crippen LogP contribution in [0.1, 0.15) is 18.9 Å². The molecule has 1 heterocycles. The van der Waals surface area contributed by atoms with E-state index in [1.165, 1.54) is 6.07 Å². The van der Waals surface area contributed by atoms with E-state index < -0.39 is 10.0 Å². The van der Waals surface area contributed by atoms with Crippen LogP contribution in [0.25, 0.3) is 0 Å². The first-order valence-electron chi connectivity index (χ1n) is 8.43. The van der Waals surface area contributed by atoms with E-state index in [2.05, 4.69) is 11.2 Å². The minimum Gasteiger partial charge on any atom is -0.458 e. The molecule has 0 aromatic heterocycles. The Balaban J connectivity index is 2.19. The Bertz CT molecular complexity index is 944. The van der Waals surface area contributed by atoms with Crippen molar-refractivity contribution < 1.29 is 18.3 Å². The van der Waals surface area contributed by atoms with Gasteiger partial charge < -0.3 is 9.64 Å². The van der Waals surface area contributed by atoms with Gasteiger partial charge in [-0.2, -0.15) is 0 Å². The van der Waals surface area contributed by atoms with Gasteiger partial charge in [-0.25, -0.2) is 13.6 Å². The lowest BCUT2D eigenvalue weighted by molar-refractivity contribution is -0.133. The molecule has 2 aliphatic rings. The summed E-state index contributed by atoms with van der Waals surface area (Å²) in [7, 11) is -4.02. The molecule has 0 amide bonds. The van der Waals surface area contributed by atoms with Gasteiger partial charge in [0.1, 0.15) is 26.8 Å². The molecule has 1 aliphatic heterocycles. The molecule has 5 N–H and O–H groups in total. The van der Waals surface area contributed by atoms with Crippen molar-refractivity contribution in [2.24, 2.45) is 11.1 Å². The lowest BCUT2D eigenvalue weighted by atomic mass is 10.0. The summed E-state index contributed by atoms with van der Waals surface area (Å²) >= 11 is 6.47. The fourth-order valence-electron chi connectivity index (χ4n) is 2.99. The van der Waals surface area contributed by atoms with Crippen molar-refractivity contribution in [3.05, 3.63) is 53.8 Å². The molecule has 0 saturated heterocycles. The predicted octanol–water partition coefficient (Wildman–Crippen LogP) is 2.13. The van der Waals surface area contributed by atoms with Crippen molar-refractivity contribution in [1.29, 1.82) is 0 Å². The first-order valence-corrected chi connectivity index (χ1v) is 11.4. The van der Waals surface area contributed by atoms with E-state index in [1.54, 1.807) is 0 Å². The van der Waals surface area contributed by atoms with Crippen LogP contribution in [0.5, 0.6) is 5.75 Å². The Hall–Kier alpha value is -1.65. The van der Waals surface area contributed by atoms with Gasteiger partial charge in [-0.3, -0.25) is 5.14 Å². The predicted molar refractivity (Wildman–Crippen MR) is 113 cm³/mol. The first-order chi connectivity index (χ1) is 12.8. The maximum absolute atomic E-state index is 12.4. The van der Waals surface area contributed by atoms with E-state index in [0.717, 1.165) is 18.4 Å². The van der Waals surface area contributed by atoms with Gasteiger partial charge in [0.2, 0.25) is 10.0 Å². The van der Waals surface area contributed by atoms with E-state index in [9.17, 15) is 8.42 Å². The Morgan fingerprint density at radius 3 is 2.63 bits per heavy atom. The van der Waals surface area contributed by atoms with Crippen LogP contribution in [0, 0.1) is 5.92 Å². The van der Waals surface area contributed by atoms with Crippen LogP contribution in [0.2, 0.25) is 0 Å². The third-order valence-electron chi connectivity index (χ3n) is 4.46. The van der Waals surface area contributed by atoms with Crippen molar-refractivity contribution in [3.8, 4) is 5.75 Å². The first kappa shape index (κ1) is 20.1. The zero-order valence-electron chi connectivity index (χ0n) is 14.9. The number of hydrogen-bond acceptors (Lipinski definition) is 6. The Labute approximate surface area is 169 Å². The molecule has 6 nitrogen and oxygen atoms in total. The van der Waals surface area contributed by atoms with Crippen LogP contribution < -0.4 is 19.9 Å². The number of ether oxygens (including phenoxy) is 1. The molecule has 3 rings (SSSR count). The molecule has 144 valence electrons. The monoisotopic (exact) mass is 424 g/mol. The second-order valence-electron chi connectivity index (χ2n) is 6.41. The van der Waals surface area contributed by atoms with Crippen LogP contribution in [0.3, 0.4) is 0 Å². The molecule has 0 radical (unpaired) electrons. The maximum atomic E-state index is 12.4. The highest BCUT2D eigenvalue weighted by Crippen LogP contribution is 2.40. The average Bonchev–Trinajstić information content (AvgIpc) is 3.16. The Kier molecular flexibility index (Phi) is 6.07. The van der Waals surface area contributed by atoms with Gasteiger partial charge in [-0.1, -0.05) is 43.4 Å². The van der Waals surface area contributed by atoms with Crippen molar-refractivity contribution >= 4 is 44.1 Å². The topological polar surface area (TPSA) is 100 Å². The molecule has 1 aromatic carbocycles. The molecule has 0 bridgehead atoms. The number of primary sulfonamides is 1. The zero-order valence-corrected chi connectivity index (χ0v) is 17.4. The van der Waals surface area contributed by atoms with Gasteiger partial charge in [0.05, 0.1) is 5.69 Å². The minimum absolute atomic E-state index is 0.0686. The van der Waals surface area contributed by atoms with Crippen LogP contribution in [0.4, 0.5) is 5.69 Å². The summed E-state index contributed by atoms with van der Waals surface area (Å²) in [4.78, 5) is 1.95. The van der Waals surface area contributed by atoms with Gasteiger partial charge in [-0.05, 0) is 24.6 Å². The molecule has 27 heavy (non-hydrogen) atoms. The number of hydrogen-bond donors (Lipinski definition) is 2. The van der Waals surface area contributed by atoms with Crippen molar-refractivity contribution in [1.82, 2.24) is 0 Å². The molecule has 0 fully saturated rings. The van der Waals surface area contributed by atoms with E-state index in [1.807, 2.05) is 42.2 Å². The Morgan fingerprint density at radius 2 is 2.04 bits per heavy atom. The summed E-state index contributed by atoms with van der Waals surface area (Å²) in [6.07, 6.45) is 10.7. The van der Waals surface area contributed by atoms with Gasteiger partial charge in [0.25, 0.3) is 0 Å². The van der Waals surface area contributed by atoms with E-state index in [4.69, 9.17) is 22.1 Å². The number of nitrogens with zero attached hydrogens (tertiary/aromatic N) is 1. The number of quaternary nitrogens is 1. The minimum atomic E-state index is -4.02. The third kappa shape index (κ3) is 4.44. The molecular weight excluding hydrogens is 402 g/mol. The van der Waals surface area contributed by atoms with Gasteiger partial charge >= 0.3 is 0 Å². The molecule has 1 aromatic rings. The van der Waals surface area contributed by atoms with Crippen molar-refractivity contribution in [3.63, 3.8) is 0 Å². The van der Waals surface area contributed by atoms with Gasteiger partial charge in [0, 0.05) is 24.6 Å². The average molecular weight is 425 g/mol. The largest absolute Gasteiger partial charge is 0.458 e. The molecule has 0 saturated carbocycles. The number of allylic oxidation sites excluding steroid dienone is 4. The van der Waals surface area contributed by atoms with E-state index in [0.29, 0.717) is 34.3 Å². The summed E-state index contributed by atoms with van der Waals surface area (Å²) in [5.74, 6) is 1.09. The number of nitrogens with two attached hydrogens (primary N) is 1. The van der Waals surface area contributed by atoms with Crippen molar-refractivity contribution in [2.75, 3.05) is 18.0 Å². The highest BCUT2D eigenvalue weighted by molar-refractivity contribution is 8.19. The molecule has 0 spiro atoms. The number of anilines is 1. The third-order valence-corrected chi connectivity index (χ3v) is 6.46. The van der Waals surface area contributed by atoms with Crippen LogP contribution in [-0.4, -0.2) is 25.7 Å². The molecule has 1 aliphatic carbocycles. The summed E-state index contributed by atoms with van der Waals surface area (Å²) < 4.78 is 31.4. The zero-order chi connectivity index (χ0) is 19.6. The molecular formula is C18H22N3O3S3+. The molecule has 1 atom stereocenters. The summed E-state index contributed by atoms with van der Waals surface area (Å²) in [5.41, 5.74) is 1.24. The summed E-state index contributed by atoms with van der Waals surface area (Å²) in [6.45, 7) is 3.34. The lowest BCUT2D eigenvalue weighted by Gasteiger charge is -2.26. The second-order valence-corrected chi connectivity index (χ2v) is 9.31. The molecule has 1 unspecified atom stereocenters. The summed E-state index contributed by atoms with van der Waals surface area (Å²) in [5, 5.41) is 9.26. The van der Waals surface area contributed by atoms with Crippen LogP contribution in [0.15, 0.2) is 53.2 Å². The van der Waals surface area contributed by atoms with Crippen LogP contribution >= 0.6 is 24.2 Å².